The second kappa shape index (κ2) is 9.92. The molecule has 9 nitrogen and oxygen atoms in total. The molecule has 12 heteroatoms. The Kier molecular flexibility index (Phi) is 7.76. The summed E-state index contributed by atoms with van der Waals surface area (Å²) in [5.41, 5.74) is -0.0940. The first-order chi connectivity index (χ1) is 15.7. The number of quaternary nitrogens is 1. The zero-order chi connectivity index (χ0) is 25.2. The van der Waals surface area contributed by atoms with Crippen LogP contribution in [0.5, 0.6) is 0 Å². The van der Waals surface area contributed by atoms with Crippen LogP contribution in [-0.2, 0) is 30.5 Å². The van der Waals surface area contributed by atoms with Crippen LogP contribution < -0.4 is 10.5 Å². The van der Waals surface area contributed by atoms with Crippen molar-refractivity contribution in [2.75, 3.05) is 32.4 Å². The quantitative estimate of drug-likeness (QED) is 0.333. The molecule has 1 saturated heterocycles. The van der Waals surface area contributed by atoms with Gasteiger partial charge in [-0.15, -0.1) is 0 Å². The summed E-state index contributed by atoms with van der Waals surface area (Å²) in [6.45, 7) is 2.08. The van der Waals surface area contributed by atoms with Gasteiger partial charge in [0.1, 0.15) is 17.0 Å². The standard InChI is InChI=1S/C22H28ClN3O6S2/c1-26(12-5-6-13-26)16-22(17-7-3-2-4-8-17,25-21(27)11-14-33(28,29)30)18-9-10-19(23)20(15-18)34(24,31)32/h2-4,7-10,15H,5-6,11-14,16H2,1H3,(H3-,24,25,27,28,29,30,31,32)/p+1/t22-/m0/s1. The maximum atomic E-state index is 13.0. The first-order valence-corrected chi connectivity index (χ1v) is 14.3. The van der Waals surface area contributed by atoms with Crippen LogP contribution in [0.15, 0.2) is 53.4 Å². The third-order valence-electron chi connectivity index (χ3n) is 6.20. The molecule has 1 aliphatic rings. The lowest BCUT2D eigenvalue weighted by atomic mass is 9.81. The van der Waals surface area contributed by atoms with Gasteiger partial charge in [-0.05, 0) is 23.3 Å². The Labute approximate surface area is 205 Å². The summed E-state index contributed by atoms with van der Waals surface area (Å²) in [5.74, 6) is -1.35. The molecule has 34 heavy (non-hydrogen) atoms. The number of nitrogens with two attached hydrogens (primary N) is 1. The molecule has 0 radical (unpaired) electrons. The van der Waals surface area contributed by atoms with E-state index in [2.05, 4.69) is 12.4 Å². The van der Waals surface area contributed by atoms with E-state index in [4.69, 9.17) is 21.3 Å². The molecule has 0 spiro atoms. The van der Waals surface area contributed by atoms with Crippen molar-refractivity contribution in [2.24, 2.45) is 5.14 Å². The molecule has 4 N–H and O–H groups in total. The van der Waals surface area contributed by atoms with Crippen molar-refractivity contribution in [1.29, 1.82) is 0 Å². The normalized spacial score (nSPS) is 17.8. The highest BCUT2D eigenvalue weighted by atomic mass is 35.5. The minimum Gasteiger partial charge on any atom is -0.337 e. The zero-order valence-electron chi connectivity index (χ0n) is 18.8. The number of halogens is 1. The number of carbonyl (C=O) groups is 1. The lowest BCUT2D eigenvalue weighted by Gasteiger charge is -2.43. The van der Waals surface area contributed by atoms with Gasteiger partial charge in [-0.3, -0.25) is 9.35 Å². The van der Waals surface area contributed by atoms with Crippen LogP contribution in [0.25, 0.3) is 0 Å². The average molecular weight is 531 g/mol. The number of amides is 1. The minimum atomic E-state index is -4.35. The Hall–Kier alpha value is -2.02. The first kappa shape index (κ1) is 26.6. The monoisotopic (exact) mass is 530 g/mol. The Morgan fingerprint density at radius 1 is 1.09 bits per heavy atom. The molecule has 1 heterocycles. The summed E-state index contributed by atoms with van der Waals surface area (Å²) < 4.78 is 56.6. The Bertz CT molecular complexity index is 1260. The van der Waals surface area contributed by atoms with Gasteiger partial charge in [0, 0.05) is 19.3 Å². The van der Waals surface area contributed by atoms with Gasteiger partial charge in [0.2, 0.25) is 15.9 Å². The summed E-state index contributed by atoms with van der Waals surface area (Å²) in [6.07, 6.45) is 1.54. The van der Waals surface area contributed by atoms with Gasteiger partial charge in [0.05, 0.1) is 30.9 Å². The van der Waals surface area contributed by atoms with Crippen molar-refractivity contribution in [3.05, 3.63) is 64.7 Å². The largest absolute Gasteiger partial charge is 0.337 e. The predicted molar refractivity (Wildman–Crippen MR) is 129 cm³/mol. The van der Waals surface area contributed by atoms with Crippen LogP contribution in [0.1, 0.15) is 30.4 Å². The van der Waals surface area contributed by atoms with Gasteiger partial charge >= 0.3 is 0 Å². The highest BCUT2D eigenvalue weighted by Crippen LogP contribution is 2.37. The fraction of sp³-hybridized carbons (Fsp3) is 0.409. The topological polar surface area (TPSA) is 144 Å². The van der Waals surface area contributed by atoms with Gasteiger partial charge in [-0.1, -0.05) is 48.0 Å². The molecule has 0 unspecified atom stereocenters. The molecule has 186 valence electrons. The molecule has 0 saturated carbocycles. The van der Waals surface area contributed by atoms with Crippen molar-refractivity contribution in [1.82, 2.24) is 5.32 Å². The number of hydrogen-bond acceptors (Lipinski definition) is 5. The van der Waals surface area contributed by atoms with Gasteiger partial charge < -0.3 is 9.80 Å². The van der Waals surface area contributed by atoms with Gasteiger partial charge in [-0.25, -0.2) is 13.6 Å². The zero-order valence-corrected chi connectivity index (χ0v) is 21.2. The molecule has 1 aliphatic heterocycles. The first-order valence-electron chi connectivity index (χ1n) is 10.7. The molecule has 2 aromatic carbocycles. The number of rotatable bonds is 9. The molecule has 1 atom stereocenters. The molecule has 3 rings (SSSR count). The van der Waals surface area contributed by atoms with E-state index in [1.165, 1.54) is 12.1 Å². The summed E-state index contributed by atoms with van der Waals surface area (Å²) >= 11 is 6.14. The fourth-order valence-corrected chi connectivity index (χ4v) is 6.11. The Morgan fingerprint density at radius 3 is 2.26 bits per heavy atom. The molecular weight excluding hydrogens is 502 g/mol. The number of carbonyl (C=O) groups excluding carboxylic acids is 1. The second-order valence-electron chi connectivity index (χ2n) is 8.98. The SMILES string of the molecule is C[N+]1(C[C@](NC(=O)CCS(=O)(=O)O)(c2ccccc2)c2ccc(Cl)c(S(N)(=O)=O)c2)CCCC1. The number of likely N-dealkylation sites (N-methyl/N-ethyl adjacent to an activating group) is 1. The van der Waals surface area contributed by atoms with E-state index in [0.29, 0.717) is 22.2 Å². The number of nitrogens with zero attached hydrogens (tertiary/aromatic N) is 1. The fourth-order valence-electron chi connectivity index (χ4n) is 4.59. The molecular formula is C22H29ClN3O6S2+. The number of benzene rings is 2. The van der Waals surface area contributed by atoms with E-state index < -0.39 is 43.8 Å². The molecule has 2 aromatic rings. The van der Waals surface area contributed by atoms with E-state index in [9.17, 15) is 21.6 Å². The summed E-state index contributed by atoms with van der Waals surface area (Å²) in [6, 6.07) is 13.5. The van der Waals surface area contributed by atoms with Gasteiger partial charge in [0.15, 0.2) is 0 Å². The van der Waals surface area contributed by atoms with Crippen molar-refractivity contribution in [3.8, 4) is 0 Å². The summed E-state index contributed by atoms with van der Waals surface area (Å²) in [4.78, 5) is 12.7. The van der Waals surface area contributed by atoms with Crippen LogP contribution in [0.4, 0.5) is 0 Å². The average Bonchev–Trinajstić information content (AvgIpc) is 3.17. The van der Waals surface area contributed by atoms with Crippen LogP contribution in [0, 0.1) is 0 Å². The predicted octanol–water partition coefficient (Wildman–Crippen LogP) is 1.87. The Morgan fingerprint density at radius 2 is 1.71 bits per heavy atom. The molecule has 1 amide bonds. The van der Waals surface area contributed by atoms with Crippen molar-refractivity contribution < 1.29 is 30.7 Å². The van der Waals surface area contributed by atoms with Crippen molar-refractivity contribution in [2.45, 2.75) is 29.7 Å². The van der Waals surface area contributed by atoms with Crippen LogP contribution in [-0.4, -0.2) is 64.2 Å². The number of sulfonamides is 1. The molecule has 0 aliphatic carbocycles. The lowest BCUT2D eigenvalue weighted by Crippen LogP contribution is -2.59. The smallest absolute Gasteiger partial charge is 0.265 e. The third kappa shape index (κ3) is 6.35. The summed E-state index contributed by atoms with van der Waals surface area (Å²) in [7, 11) is -6.45. The summed E-state index contributed by atoms with van der Waals surface area (Å²) in [5, 5.41) is 8.33. The highest BCUT2D eigenvalue weighted by Gasteiger charge is 2.45. The number of likely N-dealkylation sites (tertiary alicyclic amines) is 1. The van der Waals surface area contributed by atoms with Crippen molar-refractivity contribution >= 4 is 37.6 Å². The van der Waals surface area contributed by atoms with E-state index in [1.807, 2.05) is 18.2 Å². The minimum absolute atomic E-state index is 0.0486. The number of primary sulfonamides is 1. The second-order valence-corrected chi connectivity index (χ2v) is 12.5. The molecule has 0 bridgehead atoms. The van der Waals surface area contributed by atoms with Gasteiger partial charge in [-0.2, -0.15) is 8.42 Å². The molecule has 0 aromatic heterocycles. The van der Waals surface area contributed by atoms with E-state index >= 15 is 0 Å². The Balaban J connectivity index is 2.22. The van der Waals surface area contributed by atoms with Gasteiger partial charge in [0.25, 0.3) is 10.1 Å². The van der Waals surface area contributed by atoms with Crippen LogP contribution in [0.3, 0.4) is 0 Å². The van der Waals surface area contributed by atoms with E-state index in [1.54, 1.807) is 18.2 Å². The maximum Gasteiger partial charge on any atom is 0.265 e. The number of nitrogens with one attached hydrogen (secondary N) is 1. The lowest BCUT2D eigenvalue weighted by molar-refractivity contribution is -0.901. The molecule has 1 fully saturated rings. The van der Waals surface area contributed by atoms with E-state index in [0.717, 1.165) is 25.9 Å². The maximum absolute atomic E-state index is 13.0. The van der Waals surface area contributed by atoms with Crippen LogP contribution in [0.2, 0.25) is 5.02 Å². The third-order valence-corrected chi connectivity index (χ3v) is 8.31. The van der Waals surface area contributed by atoms with Crippen molar-refractivity contribution in [3.63, 3.8) is 0 Å². The van der Waals surface area contributed by atoms with Crippen LogP contribution >= 0.6 is 11.6 Å². The number of hydrogen-bond donors (Lipinski definition) is 3. The highest BCUT2D eigenvalue weighted by molar-refractivity contribution is 7.89. The van der Waals surface area contributed by atoms with E-state index in [-0.39, 0.29) is 9.92 Å².